The van der Waals surface area contributed by atoms with Crippen LogP contribution >= 0.6 is 0 Å². The largest absolute Gasteiger partial charge is 0.388 e. The third-order valence-electron chi connectivity index (χ3n) is 4.74. The highest BCUT2D eigenvalue weighted by atomic mass is 16.3. The highest BCUT2D eigenvalue weighted by molar-refractivity contribution is 5.78. The van der Waals surface area contributed by atoms with E-state index in [0.29, 0.717) is 0 Å². The second kappa shape index (κ2) is 5.82. The molecule has 0 aliphatic heterocycles. The Bertz CT molecular complexity index is 867. The van der Waals surface area contributed by atoms with E-state index in [1.807, 2.05) is 0 Å². The highest BCUT2D eigenvalue weighted by Gasteiger charge is 2.14. The van der Waals surface area contributed by atoms with E-state index in [1.54, 1.807) is 0 Å². The summed E-state index contributed by atoms with van der Waals surface area (Å²) in [6.45, 7) is 11.4. The van der Waals surface area contributed by atoms with Gasteiger partial charge in [0, 0.05) is 6.54 Å². The summed E-state index contributed by atoms with van der Waals surface area (Å²) in [7, 11) is 0. The van der Waals surface area contributed by atoms with Crippen molar-refractivity contribution in [2.24, 2.45) is 0 Å². The SMILES string of the molecule is Cc1cc(C)c(Cn2c(CO)nc3cc(C)c(C)cc32)c(C)c1. The molecule has 0 radical (unpaired) electrons. The van der Waals surface area contributed by atoms with Crippen molar-refractivity contribution in [3.63, 3.8) is 0 Å². The minimum absolute atomic E-state index is 0.0449. The Morgan fingerprint density at radius 1 is 0.870 bits per heavy atom. The molecule has 1 heterocycles. The summed E-state index contributed by atoms with van der Waals surface area (Å²) >= 11 is 0. The second-order valence-electron chi connectivity index (χ2n) is 6.57. The lowest BCUT2D eigenvalue weighted by atomic mass is 9.99. The molecule has 0 unspecified atom stereocenters. The Kier molecular flexibility index (Phi) is 3.99. The summed E-state index contributed by atoms with van der Waals surface area (Å²) in [6.07, 6.45) is 0. The Morgan fingerprint density at radius 3 is 2.09 bits per heavy atom. The molecule has 3 rings (SSSR count). The summed E-state index contributed by atoms with van der Waals surface area (Å²) in [5.41, 5.74) is 9.70. The minimum Gasteiger partial charge on any atom is -0.388 e. The van der Waals surface area contributed by atoms with Gasteiger partial charge in [-0.05, 0) is 74.6 Å². The molecule has 0 bridgehead atoms. The van der Waals surface area contributed by atoms with Gasteiger partial charge in [-0.2, -0.15) is 0 Å². The summed E-state index contributed by atoms with van der Waals surface area (Å²) < 4.78 is 2.15. The predicted molar refractivity (Wildman–Crippen MR) is 94.9 cm³/mol. The van der Waals surface area contributed by atoms with Crippen molar-refractivity contribution in [2.75, 3.05) is 0 Å². The van der Waals surface area contributed by atoms with Crippen LogP contribution in [0.1, 0.15) is 39.2 Å². The summed E-state index contributed by atoms with van der Waals surface area (Å²) in [6, 6.07) is 8.72. The number of benzene rings is 2. The third kappa shape index (κ3) is 2.77. The van der Waals surface area contributed by atoms with E-state index in [4.69, 9.17) is 0 Å². The lowest BCUT2D eigenvalue weighted by molar-refractivity contribution is 0.267. The average Bonchev–Trinajstić information content (AvgIpc) is 2.80. The number of fused-ring (bicyclic) bond motifs is 1. The fourth-order valence-corrected chi connectivity index (χ4v) is 3.34. The number of aryl methyl sites for hydroxylation is 5. The van der Waals surface area contributed by atoms with Crippen LogP contribution in [0.2, 0.25) is 0 Å². The zero-order valence-electron chi connectivity index (χ0n) is 14.6. The highest BCUT2D eigenvalue weighted by Crippen LogP contribution is 2.24. The second-order valence-corrected chi connectivity index (χ2v) is 6.57. The molecular weight excluding hydrogens is 284 g/mol. The monoisotopic (exact) mass is 308 g/mol. The van der Waals surface area contributed by atoms with Crippen molar-refractivity contribution in [3.05, 3.63) is 63.5 Å². The number of rotatable bonds is 3. The van der Waals surface area contributed by atoms with E-state index in [2.05, 4.69) is 68.4 Å². The molecule has 0 fully saturated rings. The number of aliphatic hydroxyl groups excluding tert-OH is 1. The molecule has 2 aromatic carbocycles. The number of nitrogens with zero attached hydrogens (tertiary/aromatic N) is 2. The zero-order chi connectivity index (χ0) is 16.7. The molecule has 3 nitrogen and oxygen atoms in total. The average molecular weight is 308 g/mol. The molecule has 1 aromatic heterocycles. The van der Waals surface area contributed by atoms with Crippen LogP contribution in [0, 0.1) is 34.6 Å². The third-order valence-corrected chi connectivity index (χ3v) is 4.74. The van der Waals surface area contributed by atoms with Crippen LogP contribution in [0.4, 0.5) is 0 Å². The summed E-state index contributed by atoms with van der Waals surface area (Å²) in [5.74, 6) is 0.726. The van der Waals surface area contributed by atoms with Crippen molar-refractivity contribution >= 4 is 11.0 Å². The molecule has 0 aliphatic carbocycles. The van der Waals surface area contributed by atoms with Gasteiger partial charge in [-0.3, -0.25) is 0 Å². The fraction of sp³-hybridized carbons (Fsp3) is 0.350. The fourth-order valence-electron chi connectivity index (χ4n) is 3.34. The molecule has 0 saturated carbocycles. The molecule has 0 saturated heterocycles. The van der Waals surface area contributed by atoms with Crippen LogP contribution in [0.25, 0.3) is 11.0 Å². The van der Waals surface area contributed by atoms with Gasteiger partial charge in [0.25, 0.3) is 0 Å². The maximum atomic E-state index is 9.74. The molecule has 0 atom stereocenters. The van der Waals surface area contributed by atoms with E-state index in [9.17, 15) is 5.11 Å². The van der Waals surface area contributed by atoms with Gasteiger partial charge < -0.3 is 9.67 Å². The van der Waals surface area contributed by atoms with Gasteiger partial charge >= 0.3 is 0 Å². The van der Waals surface area contributed by atoms with Crippen LogP contribution in [0.15, 0.2) is 24.3 Å². The van der Waals surface area contributed by atoms with Crippen molar-refractivity contribution in [1.29, 1.82) is 0 Å². The molecular formula is C20H24N2O. The van der Waals surface area contributed by atoms with Gasteiger partial charge in [-0.15, -0.1) is 0 Å². The molecule has 0 amide bonds. The van der Waals surface area contributed by atoms with Crippen molar-refractivity contribution < 1.29 is 5.11 Å². The molecule has 1 N–H and O–H groups in total. The van der Waals surface area contributed by atoms with Gasteiger partial charge in [-0.1, -0.05) is 17.7 Å². The van der Waals surface area contributed by atoms with Crippen LogP contribution in [0.5, 0.6) is 0 Å². The number of hydrogen-bond donors (Lipinski definition) is 1. The standard InChI is InChI=1S/C20H24N2O/c1-12-6-15(4)17(16(5)7-12)10-22-19-9-14(3)13(2)8-18(19)21-20(22)11-23/h6-9,23H,10-11H2,1-5H3. The molecule has 0 aliphatic rings. The molecule has 120 valence electrons. The first-order valence-electron chi connectivity index (χ1n) is 8.04. The molecule has 0 spiro atoms. The van der Waals surface area contributed by atoms with Crippen molar-refractivity contribution in [1.82, 2.24) is 9.55 Å². The smallest absolute Gasteiger partial charge is 0.136 e. The normalized spacial score (nSPS) is 11.4. The first-order valence-corrected chi connectivity index (χ1v) is 8.04. The van der Waals surface area contributed by atoms with E-state index >= 15 is 0 Å². The zero-order valence-corrected chi connectivity index (χ0v) is 14.6. The van der Waals surface area contributed by atoms with Crippen LogP contribution in [-0.2, 0) is 13.2 Å². The summed E-state index contributed by atoms with van der Waals surface area (Å²) in [4.78, 5) is 4.62. The molecule has 3 heteroatoms. The Balaban J connectivity index is 2.18. The lowest BCUT2D eigenvalue weighted by Crippen LogP contribution is -2.08. The van der Waals surface area contributed by atoms with Gasteiger partial charge in [0.15, 0.2) is 0 Å². The Labute approximate surface area is 137 Å². The quantitative estimate of drug-likeness (QED) is 0.790. The minimum atomic E-state index is -0.0449. The molecule has 3 aromatic rings. The van der Waals surface area contributed by atoms with Crippen molar-refractivity contribution in [2.45, 2.75) is 47.8 Å². The topological polar surface area (TPSA) is 38.0 Å². The van der Waals surface area contributed by atoms with Crippen LogP contribution in [-0.4, -0.2) is 14.7 Å². The Morgan fingerprint density at radius 2 is 1.48 bits per heavy atom. The van der Waals surface area contributed by atoms with Gasteiger partial charge in [0.1, 0.15) is 12.4 Å². The van der Waals surface area contributed by atoms with Crippen LogP contribution < -0.4 is 0 Å². The van der Waals surface area contributed by atoms with Gasteiger partial charge in [-0.25, -0.2) is 4.98 Å². The van der Waals surface area contributed by atoms with Crippen molar-refractivity contribution in [3.8, 4) is 0 Å². The first kappa shape index (κ1) is 15.8. The van der Waals surface area contributed by atoms with Gasteiger partial charge in [0.2, 0.25) is 0 Å². The maximum Gasteiger partial charge on any atom is 0.136 e. The van der Waals surface area contributed by atoms with E-state index in [-0.39, 0.29) is 6.61 Å². The van der Waals surface area contributed by atoms with E-state index < -0.39 is 0 Å². The predicted octanol–water partition coefficient (Wildman–Crippen LogP) is 4.12. The van der Waals surface area contributed by atoms with E-state index in [1.165, 1.54) is 33.4 Å². The van der Waals surface area contributed by atoms with Gasteiger partial charge in [0.05, 0.1) is 11.0 Å². The summed E-state index contributed by atoms with van der Waals surface area (Å²) in [5, 5.41) is 9.74. The Hall–Kier alpha value is -2.13. The van der Waals surface area contributed by atoms with Crippen LogP contribution in [0.3, 0.4) is 0 Å². The number of hydrogen-bond acceptors (Lipinski definition) is 2. The van der Waals surface area contributed by atoms with E-state index in [0.717, 1.165) is 23.4 Å². The number of aliphatic hydroxyl groups is 1. The maximum absolute atomic E-state index is 9.74. The number of aromatic nitrogens is 2. The lowest BCUT2D eigenvalue weighted by Gasteiger charge is -2.15. The first-order chi connectivity index (χ1) is 10.9. The number of imidazole rings is 1. The molecule has 23 heavy (non-hydrogen) atoms.